The van der Waals surface area contributed by atoms with E-state index in [1.54, 1.807) is 0 Å². The number of rotatable bonds is 3. The second kappa shape index (κ2) is 4.43. The van der Waals surface area contributed by atoms with Gasteiger partial charge in [-0.05, 0) is 11.6 Å². The maximum absolute atomic E-state index is 13.0. The van der Waals surface area contributed by atoms with E-state index in [2.05, 4.69) is 0 Å². The molecule has 1 atom stereocenters. The van der Waals surface area contributed by atoms with Crippen LogP contribution in [-0.4, -0.2) is 12.5 Å². The number of hydrogen-bond acceptors (Lipinski definition) is 1. The molecular weight excluding hydrogens is 243 g/mol. The molecular formula is C11H9F5O. The van der Waals surface area contributed by atoms with Crippen molar-refractivity contribution in [1.29, 1.82) is 0 Å². The van der Waals surface area contributed by atoms with Crippen LogP contribution in [0.15, 0.2) is 24.3 Å². The summed E-state index contributed by atoms with van der Waals surface area (Å²) in [5.74, 6) is -5.63. The molecule has 0 radical (unpaired) electrons. The first-order chi connectivity index (χ1) is 7.70. The lowest BCUT2D eigenvalue weighted by atomic mass is 9.98. The summed E-state index contributed by atoms with van der Waals surface area (Å²) in [6.45, 7) is 1.41. The Morgan fingerprint density at radius 2 is 1.76 bits per heavy atom. The topological polar surface area (TPSA) is 17.1 Å². The zero-order valence-electron chi connectivity index (χ0n) is 8.76. The number of carbonyl (C=O) groups excluding carboxylic acids is 1. The third-order valence-corrected chi connectivity index (χ3v) is 2.34. The van der Waals surface area contributed by atoms with E-state index >= 15 is 0 Å². The maximum atomic E-state index is 13.0. The van der Waals surface area contributed by atoms with Gasteiger partial charge in [-0.1, -0.05) is 25.1 Å². The average Bonchev–Trinajstić information content (AvgIpc) is 2.26. The van der Waals surface area contributed by atoms with Gasteiger partial charge in [0.2, 0.25) is 0 Å². The van der Waals surface area contributed by atoms with Crippen molar-refractivity contribution in [1.82, 2.24) is 0 Å². The summed E-state index contributed by atoms with van der Waals surface area (Å²) in [5, 5.41) is 0. The summed E-state index contributed by atoms with van der Waals surface area (Å²) in [6, 6.07) is 3.79. The minimum absolute atomic E-state index is 0.126. The zero-order valence-corrected chi connectivity index (χ0v) is 8.76. The molecule has 0 amide bonds. The molecule has 0 saturated carbocycles. The molecule has 0 spiro atoms. The van der Waals surface area contributed by atoms with E-state index in [0.29, 0.717) is 18.4 Å². The third kappa shape index (κ3) is 2.62. The number of halogens is 5. The summed E-state index contributed by atoms with van der Waals surface area (Å²) >= 11 is 0. The van der Waals surface area contributed by atoms with Gasteiger partial charge in [0.1, 0.15) is 6.29 Å². The highest BCUT2D eigenvalue weighted by atomic mass is 19.4. The summed E-state index contributed by atoms with van der Waals surface area (Å²) in [4.78, 5) is 10.5. The Hall–Kier alpha value is -1.46. The first-order valence-electron chi connectivity index (χ1n) is 4.70. The van der Waals surface area contributed by atoms with Crippen LogP contribution in [0.4, 0.5) is 22.0 Å². The van der Waals surface area contributed by atoms with Crippen LogP contribution in [0, 0.1) is 0 Å². The van der Waals surface area contributed by atoms with Crippen molar-refractivity contribution in [2.24, 2.45) is 0 Å². The second-order valence-electron chi connectivity index (χ2n) is 3.62. The van der Waals surface area contributed by atoms with Crippen LogP contribution in [0.1, 0.15) is 24.0 Å². The van der Waals surface area contributed by atoms with Crippen molar-refractivity contribution in [3.8, 4) is 0 Å². The molecule has 1 aromatic carbocycles. The van der Waals surface area contributed by atoms with Crippen LogP contribution in [0.25, 0.3) is 0 Å². The Balaban J connectivity index is 3.20. The van der Waals surface area contributed by atoms with Crippen LogP contribution < -0.4 is 0 Å². The van der Waals surface area contributed by atoms with Gasteiger partial charge in [-0.25, -0.2) is 0 Å². The lowest BCUT2D eigenvalue weighted by molar-refractivity contribution is -0.289. The van der Waals surface area contributed by atoms with Crippen molar-refractivity contribution < 1.29 is 26.7 Å². The van der Waals surface area contributed by atoms with Crippen LogP contribution in [-0.2, 0) is 10.7 Å². The first kappa shape index (κ1) is 13.6. The lowest BCUT2D eigenvalue weighted by Crippen LogP contribution is -2.33. The van der Waals surface area contributed by atoms with Gasteiger partial charge in [0, 0.05) is 11.5 Å². The summed E-state index contributed by atoms with van der Waals surface area (Å²) in [6.07, 6.45) is -5.17. The normalized spacial score (nSPS) is 14.5. The minimum atomic E-state index is -5.64. The summed E-state index contributed by atoms with van der Waals surface area (Å²) < 4.78 is 62.3. The Labute approximate surface area is 94.2 Å². The van der Waals surface area contributed by atoms with Gasteiger partial charge in [-0.15, -0.1) is 0 Å². The molecule has 0 heterocycles. The number of aldehydes is 1. The van der Waals surface area contributed by atoms with E-state index in [-0.39, 0.29) is 5.56 Å². The Kier molecular flexibility index (Phi) is 3.54. The monoisotopic (exact) mass is 252 g/mol. The quantitative estimate of drug-likeness (QED) is 0.593. The van der Waals surface area contributed by atoms with Crippen LogP contribution in [0.3, 0.4) is 0 Å². The van der Waals surface area contributed by atoms with Crippen LogP contribution in [0.5, 0.6) is 0 Å². The molecule has 17 heavy (non-hydrogen) atoms. The Bertz CT molecular complexity index is 411. The van der Waals surface area contributed by atoms with Gasteiger partial charge in [0.05, 0.1) is 0 Å². The molecule has 0 aromatic heterocycles. The molecule has 0 bridgehead atoms. The molecule has 1 nitrogen and oxygen atoms in total. The fraction of sp³-hybridized carbons (Fsp3) is 0.364. The van der Waals surface area contributed by atoms with E-state index in [1.807, 2.05) is 0 Å². The highest BCUT2D eigenvalue weighted by Crippen LogP contribution is 2.44. The van der Waals surface area contributed by atoms with Gasteiger partial charge in [0.15, 0.2) is 0 Å². The Morgan fingerprint density at radius 1 is 1.18 bits per heavy atom. The van der Waals surface area contributed by atoms with Crippen LogP contribution in [0.2, 0.25) is 0 Å². The van der Waals surface area contributed by atoms with E-state index in [9.17, 15) is 26.7 Å². The summed E-state index contributed by atoms with van der Waals surface area (Å²) in [7, 11) is 0. The highest BCUT2D eigenvalue weighted by molar-refractivity contribution is 5.61. The summed E-state index contributed by atoms with van der Waals surface area (Å²) in [5.41, 5.74) is -1.03. The van der Waals surface area contributed by atoms with Crippen molar-refractivity contribution in [3.05, 3.63) is 35.4 Å². The van der Waals surface area contributed by atoms with Crippen molar-refractivity contribution in [2.75, 3.05) is 0 Å². The van der Waals surface area contributed by atoms with E-state index < -0.39 is 23.6 Å². The SMILES string of the molecule is CC(C=O)c1cccc(C(F)(F)C(F)(F)F)c1. The van der Waals surface area contributed by atoms with E-state index in [4.69, 9.17) is 0 Å². The average molecular weight is 252 g/mol. The zero-order chi connectivity index (χ0) is 13.3. The molecule has 1 aromatic rings. The lowest BCUT2D eigenvalue weighted by Gasteiger charge is -2.20. The van der Waals surface area contributed by atoms with Gasteiger partial charge in [-0.3, -0.25) is 0 Å². The largest absolute Gasteiger partial charge is 0.458 e. The standard InChI is InChI=1S/C11H9F5O/c1-7(6-17)8-3-2-4-9(5-8)10(12,13)11(14,15)16/h2-7H,1H3. The van der Waals surface area contributed by atoms with Crippen molar-refractivity contribution in [3.63, 3.8) is 0 Å². The van der Waals surface area contributed by atoms with Gasteiger partial charge < -0.3 is 4.79 Å². The van der Waals surface area contributed by atoms with Crippen molar-refractivity contribution in [2.45, 2.75) is 24.9 Å². The molecule has 1 rings (SSSR count). The van der Waals surface area contributed by atoms with Gasteiger partial charge >= 0.3 is 12.1 Å². The van der Waals surface area contributed by atoms with Gasteiger partial charge in [-0.2, -0.15) is 22.0 Å². The molecule has 0 aliphatic heterocycles. The molecule has 0 saturated heterocycles. The fourth-order valence-corrected chi connectivity index (χ4v) is 1.26. The number of alkyl halides is 5. The molecule has 6 heteroatoms. The first-order valence-corrected chi connectivity index (χ1v) is 4.70. The number of carbonyl (C=O) groups is 1. The van der Waals surface area contributed by atoms with Gasteiger partial charge in [0.25, 0.3) is 0 Å². The predicted octanol–water partition coefficient (Wildman–Crippen LogP) is 3.64. The maximum Gasteiger partial charge on any atom is 0.458 e. The smallest absolute Gasteiger partial charge is 0.303 e. The third-order valence-electron chi connectivity index (χ3n) is 2.34. The predicted molar refractivity (Wildman–Crippen MR) is 50.9 cm³/mol. The molecule has 94 valence electrons. The molecule has 1 unspecified atom stereocenters. The molecule has 0 aliphatic rings. The van der Waals surface area contributed by atoms with E-state index in [0.717, 1.165) is 6.07 Å². The molecule has 0 fully saturated rings. The van der Waals surface area contributed by atoms with Crippen molar-refractivity contribution >= 4 is 6.29 Å². The second-order valence-corrected chi connectivity index (χ2v) is 3.62. The fourth-order valence-electron chi connectivity index (χ4n) is 1.26. The Morgan fingerprint density at radius 3 is 2.24 bits per heavy atom. The highest BCUT2D eigenvalue weighted by Gasteiger charge is 2.58. The van der Waals surface area contributed by atoms with E-state index in [1.165, 1.54) is 13.0 Å². The number of hydrogen-bond donors (Lipinski definition) is 0. The van der Waals surface area contributed by atoms with Crippen LogP contribution >= 0.6 is 0 Å². The minimum Gasteiger partial charge on any atom is -0.303 e. The number of benzene rings is 1. The molecule has 0 N–H and O–H groups in total. The molecule has 0 aliphatic carbocycles.